The minimum atomic E-state index is 0.113. The Hall–Kier alpha value is -1.57. The Morgan fingerprint density at radius 1 is 1.35 bits per heavy atom. The van der Waals surface area contributed by atoms with Crippen molar-refractivity contribution in [2.45, 2.75) is 46.5 Å². The highest BCUT2D eigenvalue weighted by Crippen LogP contribution is 2.57. The highest BCUT2D eigenvalue weighted by atomic mass is 16.3. The van der Waals surface area contributed by atoms with Gasteiger partial charge in [0.1, 0.15) is 5.75 Å². The van der Waals surface area contributed by atoms with Gasteiger partial charge in [0.25, 0.3) is 0 Å². The van der Waals surface area contributed by atoms with Crippen LogP contribution in [0.4, 0.5) is 0 Å². The number of phenolic OH excluding ortho intramolecular Hbond substituents is 1. The van der Waals surface area contributed by atoms with E-state index in [1.54, 1.807) is 6.07 Å². The number of carbonyl (C=O) groups excluding carboxylic acids is 1. The van der Waals surface area contributed by atoms with Crippen LogP contribution in [-0.2, 0) is 11.2 Å². The number of hydrogen-bond acceptors (Lipinski definition) is 2. The van der Waals surface area contributed by atoms with E-state index in [1.165, 1.54) is 16.7 Å². The first kappa shape index (κ1) is 13.4. The van der Waals surface area contributed by atoms with Crippen molar-refractivity contribution in [3.8, 4) is 5.75 Å². The van der Waals surface area contributed by atoms with Crippen LogP contribution in [0.5, 0.6) is 5.75 Å². The zero-order valence-electron chi connectivity index (χ0n) is 12.5. The van der Waals surface area contributed by atoms with Crippen molar-refractivity contribution in [2.24, 2.45) is 11.3 Å². The number of ketones is 1. The van der Waals surface area contributed by atoms with Crippen LogP contribution >= 0.6 is 0 Å². The normalized spacial score (nSPS) is 25.1. The first-order valence-corrected chi connectivity index (χ1v) is 7.50. The summed E-state index contributed by atoms with van der Waals surface area (Å²) in [6.07, 6.45) is 3.70. The van der Waals surface area contributed by atoms with E-state index in [2.05, 4.69) is 13.8 Å². The van der Waals surface area contributed by atoms with Gasteiger partial charge in [-0.15, -0.1) is 0 Å². The fourth-order valence-corrected chi connectivity index (χ4v) is 4.26. The van der Waals surface area contributed by atoms with E-state index in [4.69, 9.17) is 0 Å². The number of fused-ring (bicyclic) bond motifs is 3. The lowest BCUT2D eigenvalue weighted by Gasteiger charge is -2.37. The maximum absolute atomic E-state index is 12.1. The summed E-state index contributed by atoms with van der Waals surface area (Å²) in [6, 6.07) is 5.61. The van der Waals surface area contributed by atoms with Crippen LogP contribution in [-0.4, -0.2) is 10.9 Å². The molecule has 1 aromatic rings. The molecule has 0 saturated heterocycles. The van der Waals surface area contributed by atoms with Crippen molar-refractivity contribution in [1.82, 2.24) is 0 Å². The second-order valence-electron chi connectivity index (χ2n) is 6.82. The number of aromatic hydroxyl groups is 1. The molecule has 2 aliphatic carbocycles. The first-order valence-electron chi connectivity index (χ1n) is 7.50. The Labute approximate surface area is 120 Å². The van der Waals surface area contributed by atoms with Crippen LogP contribution < -0.4 is 0 Å². The fraction of sp³-hybridized carbons (Fsp3) is 0.500. The SMILES string of the molecule is CC1=C2c3ccc(O)cc3CC2(CC(C)C)CCC1=O. The molecule has 1 unspecified atom stereocenters. The van der Waals surface area contributed by atoms with Crippen LogP contribution in [0, 0.1) is 11.3 Å². The third kappa shape index (κ3) is 1.90. The zero-order chi connectivity index (χ0) is 14.5. The van der Waals surface area contributed by atoms with Crippen molar-refractivity contribution >= 4 is 11.4 Å². The van der Waals surface area contributed by atoms with Crippen molar-refractivity contribution in [2.75, 3.05) is 0 Å². The molecule has 0 fully saturated rings. The van der Waals surface area contributed by atoms with E-state index in [1.807, 2.05) is 19.1 Å². The van der Waals surface area contributed by atoms with Crippen molar-refractivity contribution in [3.05, 3.63) is 34.9 Å². The molecule has 0 saturated carbocycles. The predicted molar refractivity (Wildman–Crippen MR) is 80.5 cm³/mol. The standard InChI is InChI=1S/C18H22O2/c1-11(2)9-18-7-6-16(20)12(3)17(18)15-5-4-14(19)8-13(15)10-18/h4-5,8,11,19H,6-7,9-10H2,1-3H3. The van der Waals surface area contributed by atoms with Crippen LogP contribution in [0.1, 0.15) is 51.2 Å². The van der Waals surface area contributed by atoms with Gasteiger partial charge in [0, 0.05) is 11.8 Å². The van der Waals surface area contributed by atoms with Crippen molar-refractivity contribution < 1.29 is 9.90 Å². The van der Waals surface area contributed by atoms with Gasteiger partial charge in [-0.3, -0.25) is 4.79 Å². The maximum atomic E-state index is 12.1. The second kappa shape index (κ2) is 4.47. The van der Waals surface area contributed by atoms with Gasteiger partial charge in [-0.1, -0.05) is 19.9 Å². The van der Waals surface area contributed by atoms with E-state index in [9.17, 15) is 9.90 Å². The number of rotatable bonds is 2. The van der Waals surface area contributed by atoms with Crippen LogP contribution in [0.3, 0.4) is 0 Å². The quantitative estimate of drug-likeness (QED) is 0.877. The average molecular weight is 270 g/mol. The van der Waals surface area contributed by atoms with Gasteiger partial charge in [0.15, 0.2) is 5.78 Å². The van der Waals surface area contributed by atoms with Crippen molar-refractivity contribution in [3.63, 3.8) is 0 Å². The van der Waals surface area contributed by atoms with Gasteiger partial charge in [0.2, 0.25) is 0 Å². The van der Waals surface area contributed by atoms with Gasteiger partial charge in [-0.2, -0.15) is 0 Å². The maximum Gasteiger partial charge on any atom is 0.158 e. The second-order valence-corrected chi connectivity index (χ2v) is 6.82. The minimum Gasteiger partial charge on any atom is -0.508 e. The van der Waals surface area contributed by atoms with Crippen LogP contribution in [0.25, 0.3) is 5.57 Å². The predicted octanol–water partition coefficient (Wildman–Crippen LogP) is 4.12. The van der Waals surface area contributed by atoms with Crippen LogP contribution in [0.15, 0.2) is 23.8 Å². The molecule has 1 atom stereocenters. The fourth-order valence-electron chi connectivity index (χ4n) is 4.26. The molecule has 0 amide bonds. The number of hydrogen-bond donors (Lipinski definition) is 1. The number of benzene rings is 1. The number of Topliss-reactive ketones (excluding diaryl/α,β-unsaturated/α-hetero) is 1. The van der Waals surface area contributed by atoms with E-state index in [0.717, 1.165) is 24.8 Å². The summed E-state index contributed by atoms with van der Waals surface area (Å²) in [7, 11) is 0. The molecule has 3 rings (SSSR count). The summed E-state index contributed by atoms with van der Waals surface area (Å²) >= 11 is 0. The lowest BCUT2D eigenvalue weighted by molar-refractivity contribution is -0.116. The van der Waals surface area contributed by atoms with Gasteiger partial charge in [-0.25, -0.2) is 0 Å². The Bertz CT molecular complexity index is 610. The Kier molecular flexibility index (Phi) is 3.00. The number of phenols is 1. The number of carbonyl (C=O) groups is 1. The molecular formula is C18H22O2. The molecule has 2 heteroatoms. The molecule has 0 aliphatic heterocycles. The largest absolute Gasteiger partial charge is 0.508 e. The summed E-state index contributed by atoms with van der Waals surface area (Å²) in [5.41, 5.74) is 4.71. The average Bonchev–Trinajstić information content (AvgIpc) is 2.67. The van der Waals surface area contributed by atoms with E-state index < -0.39 is 0 Å². The third-order valence-electron chi connectivity index (χ3n) is 4.84. The summed E-state index contributed by atoms with van der Waals surface area (Å²) in [6.45, 7) is 6.48. The monoisotopic (exact) mass is 270 g/mol. The summed E-state index contributed by atoms with van der Waals surface area (Å²) in [5, 5.41) is 9.73. The molecule has 0 heterocycles. The topological polar surface area (TPSA) is 37.3 Å². The Morgan fingerprint density at radius 2 is 2.10 bits per heavy atom. The van der Waals surface area contributed by atoms with E-state index in [0.29, 0.717) is 23.9 Å². The molecule has 1 aromatic carbocycles. The minimum absolute atomic E-state index is 0.113. The van der Waals surface area contributed by atoms with Gasteiger partial charge in [0.05, 0.1) is 0 Å². The molecule has 20 heavy (non-hydrogen) atoms. The van der Waals surface area contributed by atoms with Crippen LogP contribution in [0.2, 0.25) is 0 Å². The molecule has 0 aromatic heterocycles. The Morgan fingerprint density at radius 3 is 2.80 bits per heavy atom. The summed E-state index contributed by atoms with van der Waals surface area (Å²) in [4.78, 5) is 12.1. The molecule has 106 valence electrons. The lowest BCUT2D eigenvalue weighted by atomic mass is 9.66. The Balaban J connectivity index is 2.19. The van der Waals surface area contributed by atoms with E-state index in [-0.39, 0.29) is 5.41 Å². The molecular weight excluding hydrogens is 248 g/mol. The highest BCUT2D eigenvalue weighted by Gasteiger charge is 2.46. The third-order valence-corrected chi connectivity index (χ3v) is 4.84. The van der Waals surface area contributed by atoms with Crippen molar-refractivity contribution in [1.29, 1.82) is 0 Å². The molecule has 2 nitrogen and oxygen atoms in total. The molecule has 1 N–H and O–H groups in total. The summed E-state index contributed by atoms with van der Waals surface area (Å²) < 4.78 is 0. The highest BCUT2D eigenvalue weighted by molar-refractivity contribution is 6.06. The first-order chi connectivity index (χ1) is 9.43. The summed E-state index contributed by atoms with van der Waals surface area (Å²) in [5.74, 6) is 1.22. The zero-order valence-corrected chi connectivity index (χ0v) is 12.5. The molecule has 2 aliphatic rings. The molecule has 0 radical (unpaired) electrons. The van der Waals surface area contributed by atoms with Gasteiger partial charge < -0.3 is 5.11 Å². The molecule has 0 spiro atoms. The number of allylic oxidation sites excluding steroid dienone is 2. The lowest BCUT2D eigenvalue weighted by Crippen LogP contribution is -2.29. The van der Waals surface area contributed by atoms with E-state index >= 15 is 0 Å². The smallest absolute Gasteiger partial charge is 0.158 e. The van der Waals surface area contributed by atoms with Gasteiger partial charge >= 0.3 is 0 Å². The molecule has 0 bridgehead atoms. The van der Waals surface area contributed by atoms with Gasteiger partial charge in [-0.05, 0) is 66.5 Å².